The van der Waals surface area contributed by atoms with Crippen LogP contribution in [0.4, 0.5) is 0 Å². The average Bonchev–Trinajstić information content (AvgIpc) is 2.87. The lowest BCUT2D eigenvalue weighted by Gasteiger charge is -2.55. The first-order valence-corrected chi connectivity index (χ1v) is 9.38. The van der Waals surface area contributed by atoms with Gasteiger partial charge in [-0.3, -0.25) is 34.9 Å². The Balaban J connectivity index is 1.27. The van der Waals surface area contributed by atoms with Crippen LogP contribution in [0.25, 0.3) is 0 Å². The summed E-state index contributed by atoms with van der Waals surface area (Å²) < 4.78 is 0. The Hall–Kier alpha value is -1.92. The highest BCUT2D eigenvalue weighted by molar-refractivity contribution is 6.02. The molecule has 0 aromatic rings. The topological polar surface area (TPSA) is 95.6 Å². The molecule has 136 valence electrons. The van der Waals surface area contributed by atoms with Gasteiger partial charge in [-0.15, -0.1) is 0 Å². The van der Waals surface area contributed by atoms with Crippen molar-refractivity contribution in [2.45, 2.75) is 57.8 Å². The van der Waals surface area contributed by atoms with Crippen molar-refractivity contribution in [3.05, 3.63) is 0 Å². The summed E-state index contributed by atoms with van der Waals surface area (Å²) in [4.78, 5) is 48.9. The SMILES string of the molecule is O=C(CCN1C(=O)CCC1=O)NNC(=O)C12CC3CC(CC(C3)C1)C2. The zero-order valence-corrected chi connectivity index (χ0v) is 14.4. The second-order valence-electron chi connectivity index (χ2n) is 8.39. The third-order valence-corrected chi connectivity index (χ3v) is 6.55. The van der Waals surface area contributed by atoms with E-state index in [1.54, 1.807) is 0 Å². The van der Waals surface area contributed by atoms with E-state index in [1.807, 2.05) is 0 Å². The number of carbonyl (C=O) groups excluding carboxylic acids is 4. The van der Waals surface area contributed by atoms with Crippen molar-refractivity contribution in [2.75, 3.05) is 6.54 Å². The molecule has 0 aromatic heterocycles. The van der Waals surface area contributed by atoms with E-state index in [4.69, 9.17) is 0 Å². The van der Waals surface area contributed by atoms with Gasteiger partial charge in [-0.1, -0.05) is 0 Å². The number of likely N-dealkylation sites (tertiary alicyclic amines) is 1. The van der Waals surface area contributed by atoms with Gasteiger partial charge in [-0.25, -0.2) is 0 Å². The maximum atomic E-state index is 12.7. The molecule has 4 aliphatic carbocycles. The van der Waals surface area contributed by atoms with Crippen molar-refractivity contribution in [1.82, 2.24) is 15.8 Å². The summed E-state index contributed by atoms with van der Waals surface area (Å²) >= 11 is 0. The number of imide groups is 1. The van der Waals surface area contributed by atoms with E-state index in [-0.39, 0.29) is 54.9 Å². The minimum atomic E-state index is -0.370. The van der Waals surface area contributed by atoms with Crippen LogP contribution in [0.2, 0.25) is 0 Å². The van der Waals surface area contributed by atoms with Crippen molar-refractivity contribution >= 4 is 23.6 Å². The van der Waals surface area contributed by atoms with Gasteiger partial charge in [0.2, 0.25) is 23.6 Å². The Bertz CT molecular complexity index is 579. The lowest BCUT2D eigenvalue weighted by Crippen LogP contribution is -2.56. The molecule has 0 atom stereocenters. The molecule has 1 aliphatic heterocycles. The number of amides is 4. The van der Waals surface area contributed by atoms with Gasteiger partial charge in [0, 0.05) is 25.8 Å². The van der Waals surface area contributed by atoms with Crippen LogP contribution in [0.1, 0.15) is 57.8 Å². The van der Waals surface area contributed by atoms with Crippen LogP contribution in [0, 0.1) is 23.2 Å². The molecule has 0 aromatic carbocycles. The van der Waals surface area contributed by atoms with Gasteiger partial charge in [0.05, 0.1) is 5.41 Å². The molecular formula is C18H25N3O4. The van der Waals surface area contributed by atoms with E-state index in [2.05, 4.69) is 10.9 Å². The number of nitrogens with one attached hydrogen (secondary N) is 2. The Morgan fingerprint density at radius 1 is 0.920 bits per heavy atom. The van der Waals surface area contributed by atoms with Crippen LogP contribution < -0.4 is 10.9 Å². The zero-order chi connectivity index (χ0) is 17.6. The van der Waals surface area contributed by atoms with Crippen molar-refractivity contribution in [3.63, 3.8) is 0 Å². The molecule has 2 N–H and O–H groups in total. The Morgan fingerprint density at radius 2 is 1.44 bits per heavy atom. The van der Waals surface area contributed by atoms with Crippen LogP contribution in [-0.4, -0.2) is 35.1 Å². The summed E-state index contributed by atoms with van der Waals surface area (Å²) in [6.45, 7) is 0.0801. The number of hydrogen-bond acceptors (Lipinski definition) is 4. The molecule has 0 spiro atoms. The van der Waals surface area contributed by atoms with Gasteiger partial charge >= 0.3 is 0 Å². The van der Waals surface area contributed by atoms with Crippen LogP contribution in [0.5, 0.6) is 0 Å². The van der Waals surface area contributed by atoms with E-state index >= 15 is 0 Å². The molecule has 4 amide bonds. The quantitative estimate of drug-likeness (QED) is 0.583. The predicted molar refractivity (Wildman–Crippen MR) is 87.5 cm³/mol. The van der Waals surface area contributed by atoms with E-state index in [0.717, 1.165) is 24.2 Å². The molecule has 1 heterocycles. The van der Waals surface area contributed by atoms with E-state index in [9.17, 15) is 19.2 Å². The molecule has 7 heteroatoms. The Morgan fingerprint density at radius 3 is 1.96 bits per heavy atom. The maximum Gasteiger partial charge on any atom is 0.244 e. The predicted octanol–water partition coefficient (Wildman–Crippen LogP) is 0.889. The summed E-state index contributed by atoms with van der Waals surface area (Å²) in [5.74, 6) is 1.12. The molecular weight excluding hydrogens is 322 g/mol. The third kappa shape index (κ3) is 3.04. The van der Waals surface area contributed by atoms with Crippen LogP contribution in [0.15, 0.2) is 0 Å². The number of hydrogen-bond donors (Lipinski definition) is 2. The minimum Gasteiger partial charge on any atom is -0.282 e. The molecule has 5 aliphatic rings. The smallest absolute Gasteiger partial charge is 0.244 e. The average molecular weight is 347 g/mol. The highest BCUT2D eigenvalue weighted by Gasteiger charge is 2.54. The molecule has 4 bridgehead atoms. The van der Waals surface area contributed by atoms with Gasteiger partial charge in [0.15, 0.2) is 0 Å². The number of hydrazine groups is 1. The van der Waals surface area contributed by atoms with Gasteiger partial charge in [-0.2, -0.15) is 0 Å². The number of nitrogens with zero attached hydrogens (tertiary/aromatic N) is 1. The molecule has 7 nitrogen and oxygen atoms in total. The van der Waals surface area contributed by atoms with Gasteiger partial charge in [-0.05, 0) is 56.3 Å². The largest absolute Gasteiger partial charge is 0.282 e. The van der Waals surface area contributed by atoms with Crippen molar-refractivity contribution in [3.8, 4) is 0 Å². The Labute approximate surface area is 146 Å². The first-order chi connectivity index (χ1) is 11.9. The van der Waals surface area contributed by atoms with Crippen LogP contribution >= 0.6 is 0 Å². The van der Waals surface area contributed by atoms with Crippen molar-refractivity contribution in [1.29, 1.82) is 0 Å². The highest BCUT2D eigenvalue weighted by atomic mass is 16.2. The lowest BCUT2D eigenvalue weighted by molar-refractivity contribution is -0.149. The summed E-state index contributed by atoms with van der Waals surface area (Å²) in [5.41, 5.74) is 4.78. The minimum absolute atomic E-state index is 0.0125. The monoisotopic (exact) mass is 347 g/mol. The molecule has 0 unspecified atom stereocenters. The molecule has 1 saturated heterocycles. The summed E-state index contributed by atoms with van der Waals surface area (Å²) in [7, 11) is 0. The van der Waals surface area contributed by atoms with Gasteiger partial charge in [0.1, 0.15) is 0 Å². The molecule has 25 heavy (non-hydrogen) atoms. The van der Waals surface area contributed by atoms with Gasteiger partial charge in [0.25, 0.3) is 0 Å². The Kier molecular flexibility index (Phi) is 4.04. The van der Waals surface area contributed by atoms with E-state index < -0.39 is 0 Å². The highest BCUT2D eigenvalue weighted by Crippen LogP contribution is 2.59. The summed E-state index contributed by atoms with van der Waals surface area (Å²) in [6, 6.07) is 0. The second-order valence-corrected chi connectivity index (χ2v) is 8.39. The summed E-state index contributed by atoms with van der Waals surface area (Å²) in [5, 5.41) is 0. The first-order valence-electron chi connectivity index (χ1n) is 9.38. The fourth-order valence-electron chi connectivity index (χ4n) is 5.80. The molecule has 4 saturated carbocycles. The zero-order valence-electron chi connectivity index (χ0n) is 14.4. The van der Waals surface area contributed by atoms with Crippen molar-refractivity contribution in [2.24, 2.45) is 23.2 Å². The van der Waals surface area contributed by atoms with E-state index in [1.165, 1.54) is 19.3 Å². The fourth-order valence-corrected chi connectivity index (χ4v) is 5.80. The standard InChI is InChI=1S/C18H25N3O4/c22-14(3-4-21-15(23)1-2-16(21)24)19-20-17(25)18-8-11-5-12(9-18)7-13(6-11)10-18/h11-13H,1-10H2,(H,19,22)(H,20,25). The number of rotatable bonds is 4. The number of carbonyl (C=O) groups is 4. The third-order valence-electron chi connectivity index (χ3n) is 6.55. The van der Waals surface area contributed by atoms with Crippen LogP contribution in [0.3, 0.4) is 0 Å². The molecule has 0 radical (unpaired) electrons. The summed E-state index contributed by atoms with van der Waals surface area (Å²) in [6.07, 6.45) is 7.07. The normalized spacial score (nSPS) is 36.0. The molecule has 5 rings (SSSR count). The first kappa shape index (κ1) is 16.5. The second kappa shape index (κ2) is 6.11. The van der Waals surface area contributed by atoms with Crippen molar-refractivity contribution < 1.29 is 19.2 Å². The molecule has 5 fully saturated rings. The van der Waals surface area contributed by atoms with E-state index in [0.29, 0.717) is 17.8 Å². The van der Waals surface area contributed by atoms with Gasteiger partial charge < -0.3 is 0 Å². The maximum absolute atomic E-state index is 12.7. The lowest BCUT2D eigenvalue weighted by atomic mass is 9.49. The van der Waals surface area contributed by atoms with Crippen LogP contribution in [-0.2, 0) is 19.2 Å². The fraction of sp³-hybridized carbons (Fsp3) is 0.778.